The molecule has 0 bridgehead atoms. The highest BCUT2D eigenvalue weighted by molar-refractivity contribution is 5.23. The van der Waals surface area contributed by atoms with E-state index in [0.717, 1.165) is 6.42 Å². The first-order chi connectivity index (χ1) is 5.21. The number of diazo groups is 1. The zero-order chi connectivity index (χ0) is 8.32. The standard InChI is InChI=1S/C8H12N3/c1-11(2)8(10-9)6-4-3-5-7-8/h3-6H,7H2,1-2H3/q+1. The lowest BCUT2D eigenvalue weighted by atomic mass is 10.0. The van der Waals surface area contributed by atoms with Crippen LogP contribution in [0.4, 0.5) is 0 Å². The van der Waals surface area contributed by atoms with Crippen molar-refractivity contribution in [1.82, 2.24) is 4.90 Å². The van der Waals surface area contributed by atoms with Gasteiger partial charge in [-0.25, -0.2) is 4.90 Å². The molecule has 11 heavy (non-hydrogen) atoms. The third-order valence-corrected chi connectivity index (χ3v) is 1.98. The second kappa shape index (κ2) is 2.85. The molecule has 0 saturated heterocycles. The predicted molar refractivity (Wildman–Crippen MR) is 44.4 cm³/mol. The van der Waals surface area contributed by atoms with E-state index in [1.165, 1.54) is 0 Å². The summed E-state index contributed by atoms with van der Waals surface area (Å²) in [4.78, 5) is 5.25. The maximum atomic E-state index is 8.81. The maximum absolute atomic E-state index is 8.81. The van der Waals surface area contributed by atoms with Crippen molar-refractivity contribution in [1.29, 1.82) is 5.39 Å². The van der Waals surface area contributed by atoms with Gasteiger partial charge in [-0.15, -0.1) is 0 Å². The molecule has 1 rings (SSSR count). The molecule has 1 atom stereocenters. The summed E-state index contributed by atoms with van der Waals surface area (Å²) in [7, 11) is 3.78. The molecule has 0 radical (unpaired) electrons. The van der Waals surface area contributed by atoms with Crippen LogP contribution in [0.1, 0.15) is 6.42 Å². The zero-order valence-corrected chi connectivity index (χ0v) is 6.86. The minimum absolute atomic E-state index is 0.533. The van der Waals surface area contributed by atoms with E-state index in [-0.39, 0.29) is 0 Å². The normalized spacial score (nSPS) is 28.9. The number of nitrogens with zero attached hydrogens (tertiary/aromatic N) is 3. The van der Waals surface area contributed by atoms with E-state index in [1.807, 2.05) is 43.3 Å². The summed E-state index contributed by atoms with van der Waals surface area (Å²) in [6, 6.07) is 0. The molecule has 3 heteroatoms. The molecule has 1 aliphatic rings. The van der Waals surface area contributed by atoms with E-state index in [9.17, 15) is 0 Å². The minimum Gasteiger partial charge on any atom is -0.226 e. The van der Waals surface area contributed by atoms with Crippen LogP contribution in [0, 0.1) is 5.39 Å². The fourth-order valence-corrected chi connectivity index (χ4v) is 1.09. The molecule has 3 nitrogen and oxygen atoms in total. The quantitative estimate of drug-likeness (QED) is 0.532. The minimum atomic E-state index is -0.533. The summed E-state index contributed by atoms with van der Waals surface area (Å²) in [5.41, 5.74) is -0.533. The zero-order valence-electron chi connectivity index (χ0n) is 6.86. The van der Waals surface area contributed by atoms with Crippen LogP contribution >= 0.6 is 0 Å². The van der Waals surface area contributed by atoms with Crippen molar-refractivity contribution in [3.05, 3.63) is 29.3 Å². The molecule has 58 valence electrons. The van der Waals surface area contributed by atoms with E-state index in [4.69, 9.17) is 5.39 Å². The fraction of sp³-hybridized carbons (Fsp3) is 0.500. The summed E-state index contributed by atoms with van der Waals surface area (Å²) in [5, 5.41) is 8.81. The van der Waals surface area contributed by atoms with Gasteiger partial charge in [0, 0.05) is 6.08 Å². The second-order valence-corrected chi connectivity index (χ2v) is 2.86. The number of rotatable bonds is 1. The predicted octanol–water partition coefficient (Wildman–Crippen LogP) is 1.61. The maximum Gasteiger partial charge on any atom is 0.401 e. The Labute approximate surface area is 66.6 Å². The molecule has 0 amide bonds. The number of allylic oxidation sites excluding steroid dienone is 2. The topological polar surface area (TPSA) is 31.4 Å². The smallest absolute Gasteiger partial charge is 0.226 e. The molecule has 1 aliphatic carbocycles. The van der Waals surface area contributed by atoms with Crippen molar-refractivity contribution < 1.29 is 0 Å². The first-order valence-corrected chi connectivity index (χ1v) is 3.59. The average Bonchev–Trinajstić information content (AvgIpc) is 2.05. The molecule has 0 aromatic rings. The molecule has 1 unspecified atom stereocenters. The Kier molecular flexibility index (Phi) is 2.06. The van der Waals surface area contributed by atoms with Gasteiger partial charge in [0.05, 0.1) is 6.42 Å². The van der Waals surface area contributed by atoms with Gasteiger partial charge in [0.1, 0.15) is 4.98 Å². The Morgan fingerprint density at radius 3 is 2.45 bits per heavy atom. The van der Waals surface area contributed by atoms with E-state index >= 15 is 0 Å². The van der Waals surface area contributed by atoms with E-state index in [1.54, 1.807) is 0 Å². The Balaban J connectivity index is 2.88. The van der Waals surface area contributed by atoms with E-state index < -0.39 is 5.66 Å². The summed E-state index contributed by atoms with van der Waals surface area (Å²) in [6.07, 6.45) is 8.44. The molecule has 0 aromatic carbocycles. The third kappa shape index (κ3) is 1.31. The molecule has 0 heterocycles. The SMILES string of the molecule is CN(C)C1([N+]#N)C=CC=CC1. The van der Waals surface area contributed by atoms with Gasteiger partial charge in [-0.2, -0.15) is 0 Å². The molecule has 0 fully saturated rings. The van der Waals surface area contributed by atoms with Crippen LogP contribution in [-0.2, 0) is 0 Å². The molecule has 0 saturated carbocycles. The summed E-state index contributed by atoms with van der Waals surface area (Å²) in [5.74, 6) is 0. The summed E-state index contributed by atoms with van der Waals surface area (Å²) < 4.78 is 0. The van der Waals surface area contributed by atoms with Crippen LogP contribution in [0.15, 0.2) is 24.3 Å². The first kappa shape index (κ1) is 7.96. The number of hydrogen-bond acceptors (Lipinski definition) is 2. The van der Waals surface area contributed by atoms with Gasteiger partial charge >= 0.3 is 5.66 Å². The van der Waals surface area contributed by atoms with Crippen LogP contribution in [0.2, 0.25) is 0 Å². The Bertz CT molecular complexity index is 234. The van der Waals surface area contributed by atoms with Crippen molar-refractivity contribution in [2.45, 2.75) is 12.1 Å². The first-order valence-electron chi connectivity index (χ1n) is 3.59. The van der Waals surface area contributed by atoms with Gasteiger partial charge in [0.15, 0.2) is 0 Å². The Morgan fingerprint density at radius 2 is 2.18 bits per heavy atom. The van der Waals surface area contributed by atoms with Crippen LogP contribution in [0.5, 0.6) is 0 Å². The fourth-order valence-electron chi connectivity index (χ4n) is 1.09. The lowest BCUT2D eigenvalue weighted by Crippen LogP contribution is -2.39. The second-order valence-electron chi connectivity index (χ2n) is 2.86. The van der Waals surface area contributed by atoms with Crippen LogP contribution in [0.3, 0.4) is 0 Å². The lowest BCUT2D eigenvalue weighted by Gasteiger charge is -2.18. The number of hydrogen-bond donors (Lipinski definition) is 0. The highest BCUT2D eigenvalue weighted by atomic mass is 15.3. The van der Waals surface area contributed by atoms with E-state index in [2.05, 4.69) is 4.98 Å². The molecular weight excluding hydrogens is 138 g/mol. The van der Waals surface area contributed by atoms with Crippen molar-refractivity contribution in [3.63, 3.8) is 0 Å². The number of likely N-dealkylation sites (N-methyl/N-ethyl adjacent to an activating group) is 1. The Hall–Kier alpha value is -1.14. The Morgan fingerprint density at radius 1 is 1.45 bits per heavy atom. The average molecular weight is 150 g/mol. The van der Waals surface area contributed by atoms with Gasteiger partial charge in [-0.1, -0.05) is 18.2 Å². The third-order valence-electron chi connectivity index (χ3n) is 1.98. The van der Waals surface area contributed by atoms with Crippen LogP contribution in [0.25, 0.3) is 4.98 Å². The van der Waals surface area contributed by atoms with Crippen molar-refractivity contribution in [3.8, 4) is 0 Å². The van der Waals surface area contributed by atoms with Crippen molar-refractivity contribution >= 4 is 0 Å². The monoisotopic (exact) mass is 150 g/mol. The van der Waals surface area contributed by atoms with Crippen molar-refractivity contribution in [2.75, 3.05) is 14.1 Å². The molecule has 0 aliphatic heterocycles. The van der Waals surface area contributed by atoms with Gasteiger partial charge < -0.3 is 0 Å². The molecule has 0 spiro atoms. The molecular formula is C8H12N3+. The largest absolute Gasteiger partial charge is 0.401 e. The summed E-state index contributed by atoms with van der Waals surface area (Å²) >= 11 is 0. The van der Waals surface area contributed by atoms with Gasteiger partial charge in [0.2, 0.25) is 5.39 Å². The van der Waals surface area contributed by atoms with Crippen molar-refractivity contribution in [2.24, 2.45) is 0 Å². The lowest BCUT2D eigenvalue weighted by molar-refractivity contribution is 0.257. The van der Waals surface area contributed by atoms with E-state index in [0.29, 0.717) is 0 Å². The highest BCUT2D eigenvalue weighted by Crippen LogP contribution is 2.24. The van der Waals surface area contributed by atoms with Gasteiger partial charge in [0.25, 0.3) is 0 Å². The summed E-state index contributed by atoms with van der Waals surface area (Å²) in [6.45, 7) is 0. The molecule has 0 N–H and O–H groups in total. The van der Waals surface area contributed by atoms with Crippen LogP contribution < -0.4 is 0 Å². The molecule has 0 aromatic heterocycles. The van der Waals surface area contributed by atoms with Gasteiger partial charge in [-0.05, 0) is 14.1 Å². The van der Waals surface area contributed by atoms with Crippen LogP contribution in [-0.4, -0.2) is 24.7 Å². The highest BCUT2D eigenvalue weighted by Gasteiger charge is 2.43. The van der Waals surface area contributed by atoms with Gasteiger partial charge in [-0.3, -0.25) is 0 Å².